The Bertz CT molecular complexity index is 115. The minimum Gasteiger partial charge on any atom is -0.384 e. The molecule has 0 aliphatic heterocycles. The number of hydrogen-bond donors (Lipinski definition) is 0. The van der Waals surface area contributed by atoms with Crippen LogP contribution in [0.1, 0.15) is 33.6 Å². The molecule has 0 radical (unpaired) electrons. The van der Waals surface area contributed by atoms with Crippen LogP contribution in [0.25, 0.3) is 0 Å². The van der Waals surface area contributed by atoms with Crippen molar-refractivity contribution >= 4 is 0 Å². The lowest BCUT2D eigenvalue weighted by atomic mass is 9.76. The van der Waals surface area contributed by atoms with Gasteiger partial charge in [0.1, 0.15) is 0 Å². The molecule has 0 saturated heterocycles. The fraction of sp³-hybridized carbons (Fsp3) is 1.00. The van der Waals surface area contributed by atoms with Crippen LogP contribution in [-0.4, -0.2) is 27.4 Å². The molecule has 0 aromatic rings. The summed E-state index contributed by atoms with van der Waals surface area (Å²) in [4.78, 5) is 0. The Hall–Kier alpha value is -0.0800. The highest BCUT2D eigenvalue weighted by Gasteiger charge is 2.28. The van der Waals surface area contributed by atoms with Crippen LogP contribution in [0.4, 0.5) is 0 Å². The molecule has 0 atom stereocenters. The van der Waals surface area contributed by atoms with Gasteiger partial charge in [0.15, 0.2) is 0 Å². The van der Waals surface area contributed by atoms with Crippen LogP contribution < -0.4 is 0 Å². The van der Waals surface area contributed by atoms with Gasteiger partial charge >= 0.3 is 0 Å². The molecule has 80 valence electrons. The third-order valence-corrected chi connectivity index (χ3v) is 2.74. The molecule has 0 heterocycles. The predicted octanol–water partition coefficient (Wildman–Crippen LogP) is 2.72. The largest absolute Gasteiger partial charge is 0.384 e. The zero-order valence-electron chi connectivity index (χ0n) is 9.72. The molecule has 0 aliphatic carbocycles. The lowest BCUT2D eigenvalue weighted by Crippen LogP contribution is -2.31. The van der Waals surface area contributed by atoms with E-state index in [0.29, 0.717) is 11.3 Å². The topological polar surface area (TPSA) is 18.5 Å². The normalized spacial score (nSPS) is 12.5. The van der Waals surface area contributed by atoms with E-state index in [4.69, 9.17) is 9.47 Å². The molecular formula is C11H24O2. The molecule has 0 N–H and O–H groups in total. The van der Waals surface area contributed by atoms with Gasteiger partial charge in [-0.05, 0) is 11.8 Å². The molecule has 2 nitrogen and oxygen atoms in total. The highest BCUT2D eigenvalue weighted by atomic mass is 16.5. The average molecular weight is 188 g/mol. The van der Waals surface area contributed by atoms with Crippen molar-refractivity contribution in [1.29, 1.82) is 0 Å². The first-order valence-electron chi connectivity index (χ1n) is 5.06. The summed E-state index contributed by atoms with van der Waals surface area (Å²) >= 11 is 0. The van der Waals surface area contributed by atoms with Gasteiger partial charge in [-0.15, -0.1) is 0 Å². The summed E-state index contributed by atoms with van der Waals surface area (Å²) in [6.45, 7) is 8.39. The molecule has 0 rings (SSSR count). The number of hydrogen-bond acceptors (Lipinski definition) is 2. The molecule has 0 aromatic carbocycles. The Morgan fingerprint density at radius 2 is 1.54 bits per heavy atom. The third-order valence-electron chi connectivity index (χ3n) is 2.74. The van der Waals surface area contributed by atoms with Crippen LogP contribution in [0.2, 0.25) is 0 Å². The third kappa shape index (κ3) is 4.63. The van der Waals surface area contributed by atoms with Crippen molar-refractivity contribution in [3.05, 3.63) is 0 Å². The van der Waals surface area contributed by atoms with Crippen molar-refractivity contribution in [2.24, 2.45) is 11.3 Å². The summed E-state index contributed by atoms with van der Waals surface area (Å²) in [6.07, 6.45) is 2.45. The van der Waals surface area contributed by atoms with Gasteiger partial charge in [-0.1, -0.05) is 27.2 Å². The minimum absolute atomic E-state index is 0.320. The Labute approximate surface area is 82.6 Å². The maximum absolute atomic E-state index is 5.21. The second kappa shape index (κ2) is 6.39. The van der Waals surface area contributed by atoms with Gasteiger partial charge in [-0.2, -0.15) is 0 Å². The highest BCUT2D eigenvalue weighted by Crippen LogP contribution is 2.32. The van der Waals surface area contributed by atoms with Crippen LogP contribution in [0, 0.1) is 11.3 Å². The van der Waals surface area contributed by atoms with E-state index in [9.17, 15) is 0 Å². The van der Waals surface area contributed by atoms with Crippen molar-refractivity contribution < 1.29 is 9.47 Å². The van der Waals surface area contributed by atoms with Crippen LogP contribution in [-0.2, 0) is 9.47 Å². The van der Waals surface area contributed by atoms with Crippen molar-refractivity contribution in [3.8, 4) is 0 Å². The zero-order chi connectivity index (χ0) is 10.3. The van der Waals surface area contributed by atoms with Crippen LogP contribution in [0.5, 0.6) is 0 Å². The van der Waals surface area contributed by atoms with Gasteiger partial charge in [0.05, 0.1) is 13.2 Å². The van der Waals surface area contributed by atoms with Gasteiger partial charge in [-0.25, -0.2) is 0 Å². The second-order valence-electron chi connectivity index (χ2n) is 4.35. The molecule has 0 bridgehead atoms. The van der Waals surface area contributed by atoms with E-state index in [-0.39, 0.29) is 0 Å². The van der Waals surface area contributed by atoms with Gasteiger partial charge in [-0.3, -0.25) is 0 Å². The standard InChI is InChI=1S/C11H24O2/c1-6-7-11(2,3)10(8-12-4)9-13-5/h10H,6-9H2,1-5H3. The summed E-state index contributed by atoms with van der Waals surface area (Å²) in [5, 5.41) is 0. The van der Waals surface area contributed by atoms with Crippen molar-refractivity contribution in [3.63, 3.8) is 0 Å². The summed E-state index contributed by atoms with van der Waals surface area (Å²) in [5.41, 5.74) is 0.320. The predicted molar refractivity (Wildman–Crippen MR) is 55.9 cm³/mol. The van der Waals surface area contributed by atoms with Gasteiger partial charge < -0.3 is 9.47 Å². The molecule has 0 fully saturated rings. The van der Waals surface area contributed by atoms with Gasteiger partial charge in [0.25, 0.3) is 0 Å². The molecule has 13 heavy (non-hydrogen) atoms. The highest BCUT2D eigenvalue weighted by molar-refractivity contribution is 4.77. The molecule has 0 spiro atoms. The molecular weight excluding hydrogens is 164 g/mol. The summed E-state index contributed by atoms with van der Waals surface area (Å²) in [5.74, 6) is 0.502. The lowest BCUT2D eigenvalue weighted by molar-refractivity contribution is 0.0171. The van der Waals surface area contributed by atoms with Gasteiger partial charge in [0.2, 0.25) is 0 Å². The summed E-state index contributed by atoms with van der Waals surface area (Å²) in [7, 11) is 3.51. The first kappa shape index (κ1) is 12.9. The molecule has 0 amide bonds. The Morgan fingerprint density at radius 1 is 1.08 bits per heavy atom. The SMILES string of the molecule is CCCC(C)(C)C(COC)COC. The Kier molecular flexibility index (Phi) is 6.35. The van der Waals surface area contributed by atoms with Gasteiger partial charge in [0, 0.05) is 20.1 Å². The van der Waals surface area contributed by atoms with E-state index in [1.165, 1.54) is 12.8 Å². The first-order valence-corrected chi connectivity index (χ1v) is 5.06. The van der Waals surface area contributed by atoms with Crippen molar-refractivity contribution in [2.75, 3.05) is 27.4 Å². The smallest absolute Gasteiger partial charge is 0.0517 e. The van der Waals surface area contributed by atoms with E-state index >= 15 is 0 Å². The van der Waals surface area contributed by atoms with Crippen LogP contribution >= 0.6 is 0 Å². The van der Waals surface area contributed by atoms with E-state index in [1.54, 1.807) is 14.2 Å². The summed E-state index contributed by atoms with van der Waals surface area (Å²) < 4.78 is 10.4. The Morgan fingerprint density at radius 3 is 1.85 bits per heavy atom. The molecule has 0 saturated carbocycles. The molecule has 0 aromatic heterocycles. The Balaban J connectivity index is 4.13. The lowest BCUT2D eigenvalue weighted by Gasteiger charge is -2.33. The number of methoxy groups -OCH3 is 2. The van der Waals surface area contributed by atoms with E-state index < -0.39 is 0 Å². The van der Waals surface area contributed by atoms with Crippen LogP contribution in [0.15, 0.2) is 0 Å². The quantitative estimate of drug-likeness (QED) is 0.611. The molecule has 0 unspecified atom stereocenters. The average Bonchev–Trinajstić information content (AvgIpc) is 2.04. The maximum atomic E-state index is 5.21. The maximum Gasteiger partial charge on any atom is 0.0517 e. The zero-order valence-corrected chi connectivity index (χ0v) is 9.72. The monoisotopic (exact) mass is 188 g/mol. The van der Waals surface area contributed by atoms with E-state index in [2.05, 4.69) is 20.8 Å². The van der Waals surface area contributed by atoms with Crippen molar-refractivity contribution in [2.45, 2.75) is 33.6 Å². The van der Waals surface area contributed by atoms with E-state index in [1.807, 2.05) is 0 Å². The van der Waals surface area contributed by atoms with Crippen LogP contribution in [0.3, 0.4) is 0 Å². The fourth-order valence-corrected chi connectivity index (χ4v) is 1.75. The molecule has 0 aliphatic rings. The van der Waals surface area contributed by atoms with Crippen molar-refractivity contribution in [1.82, 2.24) is 0 Å². The second-order valence-corrected chi connectivity index (χ2v) is 4.35. The fourth-order valence-electron chi connectivity index (χ4n) is 1.75. The molecule has 2 heteroatoms. The number of ether oxygens (including phenoxy) is 2. The summed E-state index contributed by atoms with van der Waals surface area (Å²) in [6, 6.07) is 0. The van der Waals surface area contributed by atoms with E-state index in [0.717, 1.165) is 13.2 Å². The first-order chi connectivity index (χ1) is 6.08. The number of rotatable bonds is 7. The minimum atomic E-state index is 0.320.